The molecule has 1 aromatic heterocycles. The molecule has 1 heterocycles. The maximum Gasteiger partial charge on any atom is 0.0569 e. The Morgan fingerprint density at radius 1 is 1.19 bits per heavy atom. The Bertz CT molecular complexity index is 477. The molecule has 0 aliphatic carbocycles. The standard InChI is InChI=1S/C14H16N2/c1-10-5-6-11(2)13(8-10)14(15)12-4-3-7-16-9-12/h3-9,14H,15H2,1-2H3/t14-/m0/s1. The molecule has 2 heteroatoms. The summed E-state index contributed by atoms with van der Waals surface area (Å²) in [7, 11) is 0. The number of nitrogens with two attached hydrogens (primary N) is 1. The van der Waals surface area contributed by atoms with Crippen LogP contribution in [0.5, 0.6) is 0 Å². The predicted octanol–water partition coefficient (Wildman–Crippen LogP) is 2.75. The zero-order valence-corrected chi connectivity index (χ0v) is 9.64. The molecule has 0 bridgehead atoms. The van der Waals surface area contributed by atoms with Crippen molar-refractivity contribution in [3.63, 3.8) is 0 Å². The molecule has 82 valence electrons. The van der Waals surface area contributed by atoms with Crippen molar-refractivity contribution >= 4 is 0 Å². The number of hydrogen-bond acceptors (Lipinski definition) is 2. The molecule has 0 saturated heterocycles. The summed E-state index contributed by atoms with van der Waals surface area (Å²) in [5.74, 6) is 0. The Balaban J connectivity index is 2.41. The van der Waals surface area contributed by atoms with Crippen LogP contribution in [-0.2, 0) is 0 Å². The van der Waals surface area contributed by atoms with Gasteiger partial charge >= 0.3 is 0 Å². The topological polar surface area (TPSA) is 38.9 Å². The van der Waals surface area contributed by atoms with Crippen molar-refractivity contribution in [2.24, 2.45) is 5.73 Å². The molecule has 2 nitrogen and oxygen atoms in total. The molecule has 0 radical (unpaired) electrons. The van der Waals surface area contributed by atoms with Crippen LogP contribution < -0.4 is 5.73 Å². The lowest BCUT2D eigenvalue weighted by molar-refractivity contribution is 0.852. The largest absolute Gasteiger partial charge is 0.320 e. The summed E-state index contributed by atoms with van der Waals surface area (Å²) in [4.78, 5) is 4.10. The minimum absolute atomic E-state index is 0.0893. The molecule has 1 aromatic carbocycles. The van der Waals surface area contributed by atoms with Gasteiger partial charge < -0.3 is 5.73 Å². The van der Waals surface area contributed by atoms with Gasteiger partial charge in [0.2, 0.25) is 0 Å². The lowest BCUT2D eigenvalue weighted by atomic mass is 9.95. The van der Waals surface area contributed by atoms with Crippen molar-refractivity contribution in [3.8, 4) is 0 Å². The van der Waals surface area contributed by atoms with Crippen LogP contribution in [-0.4, -0.2) is 4.98 Å². The maximum absolute atomic E-state index is 6.25. The minimum atomic E-state index is -0.0893. The third-order valence-electron chi connectivity index (χ3n) is 2.81. The van der Waals surface area contributed by atoms with Gasteiger partial charge in [-0.25, -0.2) is 0 Å². The molecular formula is C14H16N2. The SMILES string of the molecule is Cc1ccc(C)c([C@@H](N)c2cccnc2)c1. The summed E-state index contributed by atoms with van der Waals surface area (Å²) in [6.07, 6.45) is 3.59. The predicted molar refractivity (Wildman–Crippen MR) is 66.2 cm³/mol. The molecule has 1 atom stereocenters. The monoisotopic (exact) mass is 212 g/mol. The molecule has 16 heavy (non-hydrogen) atoms. The average molecular weight is 212 g/mol. The van der Waals surface area contributed by atoms with Gasteiger partial charge in [0.25, 0.3) is 0 Å². The van der Waals surface area contributed by atoms with E-state index in [9.17, 15) is 0 Å². The molecule has 0 spiro atoms. The first-order valence-corrected chi connectivity index (χ1v) is 5.41. The Hall–Kier alpha value is -1.67. The zero-order chi connectivity index (χ0) is 11.5. The lowest BCUT2D eigenvalue weighted by Crippen LogP contribution is -2.13. The highest BCUT2D eigenvalue weighted by molar-refractivity contribution is 5.37. The van der Waals surface area contributed by atoms with E-state index >= 15 is 0 Å². The van der Waals surface area contributed by atoms with Gasteiger partial charge in [-0.05, 0) is 36.6 Å². The van der Waals surface area contributed by atoms with E-state index in [0.717, 1.165) is 5.56 Å². The van der Waals surface area contributed by atoms with Crippen molar-refractivity contribution < 1.29 is 0 Å². The summed E-state index contributed by atoms with van der Waals surface area (Å²) >= 11 is 0. The van der Waals surface area contributed by atoms with Gasteiger partial charge in [0.05, 0.1) is 6.04 Å². The van der Waals surface area contributed by atoms with Crippen molar-refractivity contribution in [3.05, 3.63) is 65.0 Å². The number of pyridine rings is 1. The molecular weight excluding hydrogens is 196 g/mol. The van der Waals surface area contributed by atoms with Gasteiger partial charge in [0, 0.05) is 12.4 Å². The minimum Gasteiger partial charge on any atom is -0.320 e. The van der Waals surface area contributed by atoms with Gasteiger partial charge in [0.1, 0.15) is 0 Å². The average Bonchev–Trinajstić information content (AvgIpc) is 2.32. The van der Waals surface area contributed by atoms with Crippen LogP contribution in [0.4, 0.5) is 0 Å². The fourth-order valence-corrected chi connectivity index (χ4v) is 1.83. The van der Waals surface area contributed by atoms with Gasteiger partial charge in [-0.2, -0.15) is 0 Å². The van der Waals surface area contributed by atoms with Crippen LogP contribution in [0.3, 0.4) is 0 Å². The smallest absolute Gasteiger partial charge is 0.0569 e. The second-order valence-corrected chi connectivity index (χ2v) is 4.12. The number of rotatable bonds is 2. The number of nitrogens with zero attached hydrogens (tertiary/aromatic N) is 1. The first-order chi connectivity index (χ1) is 7.68. The van der Waals surface area contributed by atoms with E-state index in [-0.39, 0.29) is 6.04 Å². The van der Waals surface area contributed by atoms with E-state index in [0.29, 0.717) is 0 Å². The Morgan fingerprint density at radius 3 is 2.69 bits per heavy atom. The second kappa shape index (κ2) is 4.45. The quantitative estimate of drug-likeness (QED) is 0.831. The van der Waals surface area contributed by atoms with Crippen molar-refractivity contribution in [1.82, 2.24) is 4.98 Å². The third kappa shape index (κ3) is 2.12. The zero-order valence-electron chi connectivity index (χ0n) is 9.64. The summed E-state index contributed by atoms with van der Waals surface area (Å²) in [5.41, 5.74) is 10.9. The molecule has 2 aromatic rings. The normalized spacial score (nSPS) is 12.4. The fraction of sp³-hybridized carbons (Fsp3) is 0.214. The van der Waals surface area contributed by atoms with E-state index in [1.165, 1.54) is 16.7 Å². The van der Waals surface area contributed by atoms with Crippen LogP contribution in [0.2, 0.25) is 0 Å². The summed E-state index contributed by atoms with van der Waals surface area (Å²) in [6, 6.07) is 10.2. The van der Waals surface area contributed by atoms with E-state index in [1.54, 1.807) is 6.20 Å². The lowest BCUT2D eigenvalue weighted by Gasteiger charge is -2.15. The van der Waals surface area contributed by atoms with Crippen molar-refractivity contribution in [2.45, 2.75) is 19.9 Å². The molecule has 0 unspecified atom stereocenters. The first-order valence-electron chi connectivity index (χ1n) is 5.41. The van der Waals surface area contributed by atoms with Crippen molar-refractivity contribution in [2.75, 3.05) is 0 Å². The molecule has 0 aliphatic heterocycles. The van der Waals surface area contributed by atoms with E-state index < -0.39 is 0 Å². The second-order valence-electron chi connectivity index (χ2n) is 4.12. The summed E-state index contributed by atoms with van der Waals surface area (Å²) < 4.78 is 0. The highest BCUT2D eigenvalue weighted by Gasteiger charge is 2.11. The Kier molecular flexibility index (Phi) is 3.02. The van der Waals surface area contributed by atoms with Crippen LogP contribution in [0.15, 0.2) is 42.7 Å². The summed E-state index contributed by atoms with van der Waals surface area (Å²) in [6.45, 7) is 4.17. The molecule has 2 rings (SSSR count). The molecule has 0 fully saturated rings. The highest BCUT2D eigenvalue weighted by atomic mass is 14.7. The molecule has 0 amide bonds. The van der Waals surface area contributed by atoms with Crippen LogP contribution in [0.25, 0.3) is 0 Å². The molecule has 0 aliphatic rings. The molecule has 0 saturated carbocycles. The van der Waals surface area contributed by atoms with Crippen LogP contribution >= 0.6 is 0 Å². The van der Waals surface area contributed by atoms with Crippen LogP contribution in [0.1, 0.15) is 28.3 Å². The number of benzene rings is 1. The van der Waals surface area contributed by atoms with E-state index in [2.05, 4.69) is 37.0 Å². The fourth-order valence-electron chi connectivity index (χ4n) is 1.83. The number of hydrogen-bond donors (Lipinski definition) is 1. The van der Waals surface area contributed by atoms with Gasteiger partial charge in [0.15, 0.2) is 0 Å². The molecule has 2 N–H and O–H groups in total. The first kappa shape index (κ1) is 10.8. The maximum atomic E-state index is 6.25. The Labute approximate surface area is 96.1 Å². The van der Waals surface area contributed by atoms with Gasteiger partial charge in [-0.15, -0.1) is 0 Å². The van der Waals surface area contributed by atoms with Gasteiger partial charge in [-0.1, -0.05) is 29.8 Å². The van der Waals surface area contributed by atoms with Crippen molar-refractivity contribution in [1.29, 1.82) is 0 Å². The van der Waals surface area contributed by atoms with E-state index in [4.69, 9.17) is 5.73 Å². The number of aryl methyl sites for hydroxylation is 2. The highest BCUT2D eigenvalue weighted by Crippen LogP contribution is 2.22. The number of aromatic nitrogens is 1. The summed E-state index contributed by atoms with van der Waals surface area (Å²) in [5, 5.41) is 0. The Morgan fingerprint density at radius 2 is 2.00 bits per heavy atom. The van der Waals surface area contributed by atoms with Crippen LogP contribution in [0, 0.1) is 13.8 Å². The van der Waals surface area contributed by atoms with E-state index in [1.807, 2.05) is 18.3 Å². The third-order valence-corrected chi connectivity index (χ3v) is 2.81. The van der Waals surface area contributed by atoms with Gasteiger partial charge in [-0.3, -0.25) is 4.98 Å².